The fourth-order valence-corrected chi connectivity index (χ4v) is 1.92. The van der Waals surface area contributed by atoms with Crippen LogP contribution in [0.4, 0.5) is 0 Å². The van der Waals surface area contributed by atoms with Crippen molar-refractivity contribution in [3.8, 4) is 5.75 Å². The van der Waals surface area contributed by atoms with E-state index in [1.54, 1.807) is 12.1 Å². The Hall–Kier alpha value is -2.04. The number of carbonyl (C=O) groups is 2. The lowest BCUT2D eigenvalue weighted by Gasteiger charge is -2.19. The molecule has 0 aliphatic carbocycles. The van der Waals surface area contributed by atoms with E-state index in [2.05, 4.69) is 5.32 Å². The Balaban J connectivity index is 2.61. The first-order chi connectivity index (χ1) is 8.17. The zero-order valence-electron chi connectivity index (χ0n) is 9.70. The molecule has 1 aliphatic heterocycles. The summed E-state index contributed by atoms with van der Waals surface area (Å²) in [6.45, 7) is 0.530. The van der Waals surface area contributed by atoms with E-state index in [1.807, 2.05) is 0 Å². The molecule has 5 nitrogen and oxygen atoms in total. The van der Waals surface area contributed by atoms with Crippen LogP contribution in [-0.2, 0) is 11.2 Å². The van der Waals surface area contributed by atoms with E-state index < -0.39 is 5.97 Å². The van der Waals surface area contributed by atoms with E-state index in [9.17, 15) is 9.59 Å². The molecule has 2 rings (SSSR count). The van der Waals surface area contributed by atoms with Gasteiger partial charge in [-0.1, -0.05) is 0 Å². The van der Waals surface area contributed by atoms with E-state index in [0.29, 0.717) is 29.8 Å². The number of methoxy groups -OCH3 is 2. The summed E-state index contributed by atoms with van der Waals surface area (Å²) in [5.74, 6) is -0.161. The second-order valence-electron chi connectivity index (χ2n) is 3.70. The zero-order valence-corrected chi connectivity index (χ0v) is 9.70. The maximum atomic E-state index is 11.7. The van der Waals surface area contributed by atoms with Crippen LogP contribution in [0.5, 0.6) is 5.75 Å². The van der Waals surface area contributed by atoms with Crippen molar-refractivity contribution in [1.29, 1.82) is 0 Å². The van der Waals surface area contributed by atoms with Crippen LogP contribution < -0.4 is 10.1 Å². The van der Waals surface area contributed by atoms with Crippen molar-refractivity contribution >= 4 is 11.9 Å². The van der Waals surface area contributed by atoms with Crippen molar-refractivity contribution in [2.75, 3.05) is 20.8 Å². The van der Waals surface area contributed by atoms with Crippen LogP contribution in [0, 0.1) is 0 Å². The number of nitrogens with one attached hydrogen (secondary N) is 1. The minimum Gasteiger partial charge on any atom is -0.497 e. The molecule has 0 unspecified atom stereocenters. The molecule has 0 saturated carbocycles. The summed E-state index contributed by atoms with van der Waals surface area (Å²) in [6.07, 6.45) is 0.621. The van der Waals surface area contributed by atoms with Crippen molar-refractivity contribution < 1.29 is 19.1 Å². The first-order valence-electron chi connectivity index (χ1n) is 5.24. The number of hydrogen-bond donors (Lipinski definition) is 1. The summed E-state index contributed by atoms with van der Waals surface area (Å²) in [7, 11) is 2.81. The molecule has 0 radical (unpaired) electrons. The third-order valence-electron chi connectivity index (χ3n) is 2.77. The average Bonchev–Trinajstić information content (AvgIpc) is 2.37. The fourth-order valence-electron chi connectivity index (χ4n) is 1.92. The summed E-state index contributed by atoms with van der Waals surface area (Å²) < 4.78 is 9.79. The predicted octanol–water partition coefficient (Wildman–Crippen LogP) is 0.768. The Kier molecular flexibility index (Phi) is 2.99. The lowest BCUT2D eigenvalue weighted by molar-refractivity contribution is 0.0599. The molecule has 0 atom stereocenters. The maximum Gasteiger partial charge on any atom is 0.338 e. The minimum absolute atomic E-state index is 0.185. The summed E-state index contributed by atoms with van der Waals surface area (Å²) >= 11 is 0. The van der Waals surface area contributed by atoms with Gasteiger partial charge in [-0.2, -0.15) is 0 Å². The van der Waals surface area contributed by atoms with Gasteiger partial charge in [0.05, 0.1) is 19.8 Å². The van der Waals surface area contributed by atoms with Gasteiger partial charge in [-0.05, 0) is 24.1 Å². The number of amides is 1. The van der Waals surface area contributed by atoms with Gasteiger partial charge in [0.2, 0.25) is 0 Å². The molecular formula is C12H13NO4. The zero-order chi connectivity index (χ0) is 12.4. The summed E-state index contributed by atoms with van der Waals surface area (Å²) in [6, 6.07) is 3.24. The Morgan fingerprint density at radius 1 is 1.35 bits per heavy atom. The van der Waals surface area contributed by atoms with Crippen molar-refractivity contribution in [2.24, 2.45) is 0 Å². The molecule has 17 heavy (non-hydrogen) atoms. The second-order valence-corrected chi connectivity index (χ2v) is 3.70. The molecule has 5 heteroatoms. The van der Waals surface area contributed by atoms with Crippen LogP contribution in [0.3, 0.4) is 0 Å². The molecule has 1 aromatic rings. The summed E-state index contributed by atoms with van der Waals surface area (Å²) in [4.78, 5) is 23.3. The lowest BCUT2D eigenvalue weighted by atomic mass is 9.94. The van der Waals surface area contributed by atoms with Gasteiger partial charge in [0, 0.05) is 12.1 Å². The Morgan fingerprint density at radius 3 is 2.76 bits per heavy atom. The molecule has 1 aliphatic rings. The van der Waals surface area contributed by atoms with E-state index in [0.717, 1.165) is 5.56 Å². The van der Waals surface area contributed by atoms with Crippen LogP contribution in [-0.4, -0.2) is 32.6 Å². The van der Waals surface area contributed by atoms with Crippen LogP contribution >= 0.6 is 0 Å². The lowest BCUT2D eigenvalue weighted by Crippen LogP contribution is -2.33. The standard InChI is InChI=1S/C12H13NO4/c1-16-7-5-9-8(3-4-13-11(9)14)10(6-7)12(15)17-2/h5-6H,3-4H2,1-2H3,(H,13,14). The van der Waals surface area contributed by atoms with E-state index >= 15 is 0 Å². The van der Waals surface area contributed by atoms with Gasteiger partial charge in [-0.3, -0.25) is 4.79 Å². The number of carbonyl (C=O) groups excluding carboxylic acids is 2. The molecule has 1 N–H and O–H groups in total. The number of ether oxygens (including phenoxy) is 2. The van der Waals surface area contributed by atoms with Crippen molar-refractivity contribution in [3.05, 3.63) is 28.8 Å². The van der Waals surface area contributed by atoms with Crippen molar-refractivity contribution in [3.63, 3.8) is 0 Å². The van der Waals surface area contributed by atoms with Gasteiger partial charge in [-0.15, -0.1) is 0 Å². The third-order valence-corrected chi connectivity index (χ3v) is 2.77. The molecule has 1 heterocycles. The highest BCUT2D eigenvalue weighted by molar-refractivity contribution is 6.02. The SMILES string of the molecule is COC(=O)c1cc(OC)cc2c1CCNC2=O. The van der Waals surface area contributed by atoms with Crippen LogP contribution in [0.25, 0.3) is 0 Å². The van der Waals surface area contributed by atoms with Crippen molar-refractivity contribution in [2.45, 2.75) is 6.42 Å². The monoisotopic (exact) mass is 235 g/mol. The molecule has 0 spiro atoms. The van der Waals surface area contributed by atoms with Gasteiger partial charge in [-0.25, -0.2) is 4.79 Å². The highest BCUT2D eigenvalue weighted by Crippen LogP contribution is 2.25. The van der Waals surface area contributed by atoms with E-state index in [4.69, 9.17) is 9.47 Å². The van der Waals surface area contributed by atoms with Gasteiger partial charge >= 0.3 is 5.97 Å². The van der Waals surface area contributed by atoms with Crippen LogP contribution in [0.2, 0.25) is 0 Å². The van der Waals surface area contributed by atoms with Crippen LogP contribution in [0.1, 0.15) is 26.3 Å². The Bertz CT molecular complexity index is 482. The van der Waals surface area contributed by atoms with Crippen molar-refractivity contribution in [1.82, 2.24) is 5.32 Å². The predicted molar refractivity (Wildman–Crippen MR) is 60.4 cm³/mol. The molecule has 1 amide bonds. The van der Waals surface area contributed by atoms with E-state index in [1.165, 1.54) is 14.2 Å². The van der Waals surface area contributed by atoms with Gasteiger partial charge in [0.25, 0.3) is 5.91 Å². The number of rotatable bonds is 2. The Labute approximate surface area is 98.7 Å². The molecule has 90 valence electrons. The summed E-state index contributed by atoms with van der Waals surface area (Å²) in [5, 5.41) is 2.73. The van der Waals surface area contributed by atoms with E-state index in [-0.39, 0.29) is 5.91 Å². The average molecular weight is 235 g/mol. The topological polar surface area (TPSA) is 64.6 Å². The first kappa shape index (κ1) is 11.4. The maximum absolute atomic E-state index is 11.7. The van der Waals surface area contributed by atoms with Crippen LogP contribution in [0.15, 0.2) is 12.1 Å². The molecule has 0 fully saturated rings. The highest BCUT2D eigenvalue weighted by atomic mass is 16.5. The molecular weight excluding hydrogens is 222 g/mol. The second kappa shape index (κ2) is 4.45. The summed E-state index contributed by atoms with van der Waals surface area (Å²) in [5.41, 5.74) is 1.61. The van der Waals surface area contributed by atoms with Gasteiger partial charge in [0.15, 0.2) is 0 Å². The largest absolute Gasteiger partial charge is 0.497 e. The number of hydrogen-bond acceptors (Lipinski definition) is 4. The molecule has 0 saturated heterocycles. The number of benzene rings is 1. The fraction of sp³-hybridized carbons (Fsp3) is 0.333. The molecule has 0 aromatic heterocycles. The Morgan fingerprint density at radius 2 is 2.12 bits per heavy atom. The van der Waals surface area contributed by atoms with Gasteiger partial charge in [0.1, 0.15) is 5.75 Å². The first-order valence-corrected chi connectivity index (χ1v) is 5.24. The smallest absolute Gasteiger partial charge is 0.338 e. The van der Waals surface area contributed by atoms with Gasteiger partial charge < -0.3 is 14.8 Å². The molecule has 1 aromatic carbocycles. The number of esters is 1. The molecule has 0 bridgehead atoms. The normalized spacial score (nSPS) is 13.6. The quantitative estimate of drug-likeness (QED) is 0.769. The minimum atomic E-state index is -0.449. The third kappa shape index (κ3) is 1.95. The number of fused-ring (bicyclic) bond motifs is 1. The highest BCUT2D eigenvalue weighted by Gasteiger charge is 2.24.